The van der Waals surface area contributed by atoms with Crippen molar-refractivity contribution >= 4 is 60.1 Å². The van der Waals surface area contributed by atoms with Gasteiger partial charge in [0.25, 0.3) is 5.78 Å². The smallest absolute Gasteiger partial charge is 0.301 e. The molecule has 0 bridgehead atoms. The number of halogens is 2. The largest absolute Gasteiger partial charge is 0.507 e. The quantitative estimate of drug-likeness (QED) is 0.199. The van der Waals surface area contributed by atoms with Gasteiger partial charge in [-0.25, -0.2) is 9.37 Å². The van der Waals surface area contributed by atoms with Crippen molar-refractivity contribution in [3.8, 4) is 0 Å². The first-order valence-electron chi connectivity index (χ1n) is 10.0. The third kappa shape index (κ3) is 3.75. The molecule has 1 amide bonds. The fourth-order valence-electron chi connectivity index (χ4n) is 3.88. The third-order valence-corrected chi connectivity index (χ3v) is 7.03. The van der Waals surface area contributed by atoms with Crippen molar-refractivity contribution in [2.24, 2.45) is 0 Å². The standard InChI is InChI=1S/C25H16BrFN2O3S/c1-13-2-11-18-19(12-13)33-25(28-18)29-21(14-3-7-16(26)8-4-14)20(23(31)24(29)32)22(30)15-5-9-17(27)10-6-15/h2-12,21,30H,1H3/b22-20+/t21-/m0/s1. The van der Waals surface area contributed by atoms with Gasteiger partial charge >= 0.3 is 5.91 Å². The molecular formula is C25H16BrFN2O3S. The molecule has 4 aromatic rings. The number of Topliss-reactive ketones (excluding diaryl/α,β-unsaturated/α-hetero) is 1. The van der Waals surface area contributed by atoms with E-state index in [0.717, 1.165) is 20.3 Å². The molecule has 33 heavy (non-hydrogen) atoms. The molecule has 0 aliphatic carbocycles. The van der Waals surface area contributed by atoms with Crippen molar-refractivity contribution in [1.82, 2.24) is 4.98 Å². The summed E-state index contributed by atoms with van der Waals surface area (Å²) >= 11 is 4.71. The fraction of sp³-hybridized carbons (Fsp3) is 0.0800. The topological polar surface area (TPSA) is 70.5 Å². The maximum atomic E-state index is 13.4. The van der Waals surface area contributed by atoms with Gasteiger partial charge in [-0.1, -0.05) is 45.5 Å². The highest BCUT2D eigenvalue weighted by Gasteiger charge is 2.48. The average Bonchev–Trinajstić information content (AvgIpc) is 3.32. The Bertz CT molecular complexity index is 1450. The van der Waals surface area contributed by atoms with Crippen molar-refractivity contribution < 1.29 is 19.1 Å². The first-order chi connectivity index (χ1) is 15.8. The van der Waals surface area contributed by atoms with Crippen molar-refractivity contribution in [1.29, 1.82) is 0 Å². The molecule has 0 unspecified atom stereocenters. The maximum Gasteiger partial charge on any atom is 0.301 e. The molecule has 5 rings (SSSR count). The summed E-state index contributed by atoms with van der Waals surface area (Å²) in [4.78, 5) is 32.3. The molecule has 1 aliphatic rings. The number of fused-ring (bicyclic) bond motifs is 1. The van der Waals surface area contributed by atoms with Crippen LogP contribution in [0.4, 0.5) is 9.52 Å². The number of nitrogens with zero attached hydrogens (tertiary/aromatic N) is 2. The lowest BCUT2D eigenvalue weighted by Crippen LogP contribution is -2.29. The summed E-state index contributed by atoms with van der Waals surface area (Å²) in [5, 5.41) is 11.4. The van der Waals surface area contributed by atoms with E-state index >= 15 is 0 Å². The zero-order valence-electron chi connectivity index (χ0n) is 17.3. The molecule has 1 fully saturated rings. The predicted molar refractivity (Wildman–Crippen MR) is 130 cm³/mol. The number of hydrogen-bond donors (Lipinski definition) is 1. The van der Waals surface area contributed by atoms with Crippen LogP contribution < -0.4 is 4.90 Å². The van der Waals surface area contributed by atoms with Gasteiger partial charge in [0.15, 0.2) is 5.13 Å². The van der Waals surface area contributed by atoms with E-state index < -0.39 is 23.5 Å². The lowest BCUT2D eigenvalue weighted by Gasteiger charge is -2.23. The number of aryl methyl sites for hydroxylation is 1. The van der Waals surface area contributed by atoms with Crippen LogP contribution in [0.2, 0.25) is 0 Å². The zero-order valence-corrected chi connectivity index (χ0v) is 19.7. The van der Waals surface area contributed by atoms with Crippen molar-refractivity contribution in [3.05, 3.63) is 99.3 Å². The molecule has 3 aromatic carbocycles. The minimum Gasteiger partial charge on any atom is -0.507 e. The molecule has 1 aliphatic heterocycles. The molecule has 0 saturated carbocycles. The lowest BCUT2D eigenvalue weighted by atomic mass is 9.95. The molecule has 1 saturated heterocycles. The van der Waals surface area contributed by atoms with Crippen LogP contribution in [0.3, 0.4) is 0 Å². The van der Waals surface area contributed by atoms with E-state index in [2.05, 4.69) is 20.9 Å². The number of carbonyl (C=O) groups excluding carboxylic acids is 2. The highest BCUT2D eigenvalue weighted by atomic mass is 79.9. The number of anilines is 1. The monoisotopic (exact) mass is 522 g/mol. The second-order valence-electron chi connectivity index (χ2n) is 7.70. The van der Waals surface area contributed by atoms with Crippen LogP contribution in [-0.4, -0.2) is 21.8 Å². The van der Waals surface area contributed by atoms with Crippen LogP contribution >= 0.6 is 27.3 Å². The highest BCUT2D eigenvalue weighted by molar-refractivity contribution is 9.10. The van der Waals surface area contributed by atoms with E-state index in [4.69, 9.17) is 0 Å². The summed E-state index contributed by atoms with van der Waals surface area (Å²) in [6, 6.07) is 17.2. The molecule has 164 valence electrons. The summed E-state index contributed by atoms with van der Waals surface area (Å²) in [6.07, 6.45) is 0. The van der Waals surface area contributed by atoms with Gasteiger partial charge in [0, 0.05) is 10.0 Å². The van der Waals surface area contributed by atoms with Gasteiger partial charge in [0.05, 0.1) is 21.8 Å². The number of rotatable bonds is 3. The number of hydrogen-bond acceptors (Lipinski definition) is 5. The molecule has 2 heterocycles. The summed E-state index contributed by atoms with van der Waals surface area (Å²) < 4.78 is 15.1. The van der Waals surface area contributed by atoms with Crippen LogP contribution in [0.25, 0.3) is 16.0 Å². The second-order valence-corrected chi connectivity index (χ2v) is 9.62. The number of amides is 1. The summed E-state index contributed by atoms with van der Waals surface area (Å²) in [5.74, 6) is -2.43. The third-order valence-electron chi connectivity index (χ3n) is 5.49. The first kappa shape index (κ1) is 21.5. The Labute approximate surface area is 200 Å². The van der Waals surface area contributed by atoms with E-state index in [1.807, 2.05) is 25.1 Å². The molecule has 0 spiro atoms. The Hall–Kier alpha value is -3.36. The lowest BCUT2D eigenvalue weighted by molar-refractivity contribution is -0.132. The van der Waals surface area contributed by atoms with Crippen LogP contribution in [0.5, 0.6) is 0 Å². The number of thiazole rings is 1. The number of aliphatic hydroxyl groups is 1. The number of aromatic nitrogens is 1. The van der Waals surface area contributed by atoms with Gasteiger partial charge in [-0.15, -0.1) is 0 Å². The number of aliphatic hydroxyl groups excluding tert-OH is 1. The predicted octanol–water partition coefficient (Wildman–Crippen LogP) is 6.13. The Morgan fingerprint density at radius 3 is 2.45 bits per heavy atom. The molecule has 1 N–H and O–H groups in total. The Morgan fingerprint density at radius 2 is 1.76 bits per heavy atom. The van der Waals surface area contributed by atoms with Crippen LogP contribution in [0.15, 0.2) is 76.8 Å². The molecule has 5 nitrogen and oxygen atoms in total. The molecule has 1 aromatic heterocycles. The molecule has 8 heteroatoms. The zero-order chi connectivity index (χ0) is 23.3. The maximum absolute atomic E-state index is 13.4. The van der Waals surface area contributed by atoms with E-state index in [1.165, 1.54) is 40.5 Å². The van der Waals surface area contributed by atoms with Gasteiger partial charge in [0.2, 0.25) is 0 Å². The van der Waals surface area contributed by atoms with Crippen LogP contribution in [0, 0.1) is 12.7 Å². The van der Waals surface area contributed by atoms with Crippen molar-refractivity contribution in [2.75, 3.05) is 4.90 Å². The summed E-state index contributed by atoms with van der Waals surface area (Å²) in [6.45, 7) is 1.97. The fourth-order valence-corrected chi connectivity index (χ4v) is 5.23. The van der Waals surface area contributed by atoms with E-state index in [9.17, 15) is 19.1 Å². The summed E-state index contributed by atoms with van der Waals surface area (Å²) in [7, 11) is 0. The molecule has 1 atom stereocenters. The molecule has 0 radical (unpaired) electrons. The SMILES string of the molecule is Cc1ccc2nc(N3C(=O)C(=O)/C(=C(/O)c4ccc(F)cc4)[C@@H]3c3ccc(Br)cc3)sc2c1. The minimum absolute atomic E-state index is 0.0654. The van der Waals surface area contributed by atoms with Gasteiger partial charge in [0.1, 0.15) is 11.6 Å². The normalized spacial score (nSPS) is 17.8. The summed E-state index contributed by atoms with van der Waals surface area (Å²) in [5.41, 5.74) is 2.59. The second kappa shape index (κ2) is 8.20. The van der Waals surface area contributed by atoms with Gasteiger partial charge in [-0.3, -0.25) is 14.5 Å². The number of benzene rings is 3. The Kier molecular flexibility index (Phi) is 5.34. The van der Waals surface area contributed by atoms with Crippen LogP contribution in [-0.2, 0) is 9.59 Å². The van der Waals surface area contributed by atoms with E-state index in [1.54, 1.807) is 24.3 Å². The van der Waals surface area contributed by atoms with Gasteiger partial charge < -0.3 is 5.11 Å². The minimum atomic E-state index is -0.884. The van der Waals surface area contributed by atoms with E-state index in [0.29, 0.717) is 10.7 Å². The van der Waals surface area contributed by atoms with Crippen LogP contribution in [0.1, 0.15) is 22.7 Å². The number of carbonyl (C=O) groups is 2. The molecular weight excluding hydrogens is 507 g/mol. The first-order valence-corrected chi connectivity index (χ1v) is 11.6. The average molecular weight is 523 g/mol. The highest BCUT2D eigenvalue weighted by Crippen LogP contribution is 2.44. The van der Waals surface area contributed by atoms with Crippen molar-refractivity contribution in [2.45, 2.75) is 13.0 Å². The van der Waals surface area contributed by atoms with Gasteiger partial charge in [-0.05, 0) is 66.6 Å². The van der Waals surface area contributed by atoms with E-state index in [-0.39, 0.29) is 16.9 Å². The Morgan fingerprint density at radius 1 is 1.06 bits per heavy atom. The van der Waals surface area contributed by atoms with Gasteiger partial charge in [-0.2, -0.15) is 0 Å². The Balaban J connectivity index is 1.73. The van der Waals surface area contributed by atoms with Crippen molar-refractivity contribution in [3.63, 3.8) is 0 Å². The number of ketones is 1.